The predicted octanol–water partition coefficient (Wildman–Crippen LogP) is 4.48. The number of carbonyl (C=O) groups is 1. The van der Waals surface area contributed by atoms with Gasteiger partial charge in [0.2, 0.25) is 0 Å². The fraction of sp³-hybridized carbons (Fsp3) is 0.0556. The molecule has 0 saturated heterocycles. The highest BCUT2D eigenvalue weighted by Gasteiger charge is 2.13. The number of hydrogen-bond acceptors (Lipinski definition) is 5. The Morgan fingerprint density at radius 1 is 1.29 bits per heavy atom. The zero-order chi connectivity index (χ0) is 17.1. The molecule has 1 aromatic heterocycles. The Kier molecular flexibility index (Phi) is 4.27. The molecule has 1 heterocycles. The first kappa shape index (κ1) is 15.7. The van der Waals surface area contributed by atoms with Crippen LogP contribution in [0.5, 0.6) is 10.9 Å². The summed E-state index contributed by atoms with van der Waals surface area (Å²) in [7, 11) is 0. The Bertz CT molecular complexity index is 943. The van der Waals surface area contributed by atoms with Crippen LogP contribution in [-0.4, -0.2) is 16.1 Å². The molecule has 0 spiro atoms. The van der Waals surface area contributed by atoms with Gasteiger partial charge in [0.05, 0.1) is 17.2 Å². The van der Waals surface area contributed by atoms with E-state index in [1.54, 1.807) is 23.7 Å². The van der Waals surface area contributed by atoms with Gasteiger partial charge in [-0.1, -0.05) is 23.5 Å². The van der Waals surface area contributed by atoms with Crippen molar-refractivity contribution in [3.8, 4) is 28.1 Å². The molecule has 0 bridgehead atoms. The second-order valence-corrected chi connectivity index (χ2v) is 5.97. The SMILES string of the molecule is Cc1ccc(-c2cc(Oc3nccs3)cc(C(=O)O)c2)c(C#N)c1. The van der Waals surface area contributed by atoms with Gasteiger partial charge >= 0.3 is 5.97 Å². The van der Waals surface area contributed by atoms with E-state index in [2.05, 4.69) is 11.1 Å². The van der Waals surface area contributed by atoms with Crippen LogP contribution in [-0.2, 0) is 0 Å². The summed E-state index contributed by atoms with van der Waals surface area (Å²) in [5.41, 5.74) is 2.80. The Balaban J connectivity index is 2.12. The summed E-state index contributed by atoms with van der Waals surface area (Å²) in [5, 5.41) is 20.9. The standard InChI is InChI=1S/C18H12N2O3S/c1-11-2-3-16(14(6-11)10-19)12-7-13(17(21)22)9-15(8-12)23-18-20-4-5-24-18/h2-9H,1H3,(H,21,22). The van der Waals surface area contributed by atoms with E-state index >= 15 is 0 Å². The molecule has 3 aromatic rings. The first-order chi connectivity index (χ1) is 11.6. The average molecular weight is 336 g/mol. The van der Waals surface area contributed by atoms with Gasteiger partial charge in [0.1, 0.15) is 5.75 Å². The number of ether oxygens (including phenoxy) is 1. The van der Waals surface area contributed by atoms with Gasteiger partial charge in [-0.25, -0.2) is 9.78 Å². The summed E-state index contributed by atoms with van der Waals surface area (Å²) < 4.78 is 5.63. The van der Waals surface area contributed by atoms with Gasteiger partial charge in [0, 0.05) is 11.6 Å². The number of carboxylic acid groups (broad SMARTS) is 1. The zero-order valence-electron chi connectivity index (χ0n) is 12.7. The van der Waals surface area contributed by atoms with Gasteiger partial charge in [0.25, 0.3) is 5.19 Å². The van der Waals surface area contributed by atoms with Crippen molar-refractivity contribution in [2.45, 2.75) is 6.92 Å². The Labute approximate surface area is 142 Å². The van der Waals surface area contributed by atoms with Crippen LogP contribution in [0.4, 0.5) is 0 Å². The van der Waals surface area contributed by atoms with Crippen LogP contribution in [0.2, 0.25) is 0 Å². The lowest BCUT2D eigenvalue weighted by molar-refractivity contribution is 0.0696. The summed E-state index contributed by atoms with van der Waals surface area (Å²) in [5.74, 6) is -0.698. The number of aromatic nitrogens is 1. The van der Waals surface area contributed by atoms with E-state index in [-0.39, 0.29) is 5.56 Å². The molecule has 0 saturated carbocycles. The van der Waals surface area contributed by atoms with Gasteiger partial charge in [0.15, 0.2) is 0 Å². The molecule has 0 amide bonds. The van der Waals surface area contributed by atoms with E-state index < -0.39 is 5.97 Å². The topological polar surface area (TPSA) is 83.2 Å². The molecule has 2 aromatic carbocycles. The lowest BCUT2D eigenvalue weighted by Crippen LogP contribution is -1.98. The minimum Gasteiger partial charge on any atom is -0.478 e. The minimum absolute atomic E-state index is 0.0866. The number of nitriles is 1. The second-order valence-electron chi connectivity index (χ2n) is 5.11. The van der Waals surface area contributed by atoms with Crippen molar-refractivity contribution in [1.29, 1.82) is 5.26 Å². The third kappa shape index (κ3) is 3.26. The van der Waals surface area contributed by atoms with Gasteiger partial charge in [-0.15, -0.1) is 0 Å². The second kappa shape index (κ2) is 6.52. The number of carboxylic acids is 1. The fourth-order valence-electron chi connectivity index (χ4n) is 2.30. The Morgan fingerprint density at radius 2 is 2.12 bits per heavy atom. The maximum atomic E-state index is 11.4. The molecule has 0 atom stereocenters. The van der Waals surface area contributed by atoms with E-state index in [1.807, 2.05) is 19.1 Å². The molecule has 1 N–H and O–H groups in total. The van der Waals surface area contributed by atoms with Crippen molar-refractivity contribution < 1.29 is 14.6 Å². The van der Waals surface area contributed by atoms with Crippen LogP contribution in [0.1, 0.15) is 21.5 Å². The molecule has 0 radical (unpaired) electrons. The molecule has 6 heteroatoms. The van der Waals surface area contributed by atoms with E-state index in [9.17, 15) is 15.2 Å². The van der Waals surface area contributed by atoms with Crippen molar-refractivity contribution in [3.63, 3.8) is 0 Å². The molecule has 118 valence electrons. The molecular formula is C18H12N2O3S. The number of thiazole rings is 1. The van der Waals surface area contributed by atoms with Crippen LogP contribution >= 0.6 is 11.3 Å². The first-order valence-electron chi connectivity index (χ1n) is 7.03. The Morgan fingerprint density at radius 3 is 2.79 bits per heavy atom. The normalized spacial score (nSPS) is 10.2. The minimum atomic E-state index is -1.06. The number of aryl methyl sites for hydroxylation is 1. The molecule has 0 aliphatic carbocycles. The van der Waals surface area contributed by atoms with Crippen LogP contribution in [0.25, 0.3) is 11.1 Å². The highest BCUT2D eigenvalue weighted by Crippen LogP contribution is 2.32. The number of aromatic carboxylic acids is 1. The maximum Gasteiger partial charge on any atom is 0.335 e. The molecule has 3 rings (SSSR count). The molecule has 0 aliphatic heterocycles. The summed E-state index contributed by atoms with van der Waals surface area (Å²) in [6.07, 6.45) is 1.61. The van der Waals surface area contributed by atoms with Gasteiger partial charge in [-0.05, 0) is 47.9 Å². The fourth-order valence-corrected chi connectivity index (χ4v) is 2.81. The van der Waals surface area contributed by atoms with Crippen LogP contribution in [0.3, 0.4) is 0 Å². The summed E-state index contributed by atoms with van der Waals surface area (Å²) in [4.78, 5) is 15.4. The summed E-state index contributed by atoms with van der Waals surface area (Å²) in [6.45, 7) is 1.90. The van der Waals surface area contributed by atoms with Crippen LogP contribution in [0, 0.1) is 18.3 Å². The van der Waals surface area contributed by atoms with Gasteiger partial charge in [-0.3, -0.25) is 0 Å². The van der Waals surface area contributed by atoms with Crippen LogP contribution in [0.15, 0.2) is 48.0 Å². The zero-order valence-corrected chi connectivity index (χ0v) is 13.5. The highest BCUT2D eigenvalue weighted by molar-refractivity contribution is 7.11. The number of rotatable bonds is 4. The maximum absolute atomic E-state index is 11.4. The van der Waals surface area contributed by atoms with E-state index in [1.165, 1.54) is 23.5 Å². The lowest BCUT2D eigenvalue weighted by Gasteiger charge is -2.10. The predicted molar refractivity (Wildman–Crippen MR) is 90.5 cm³/mol. The largest absolute Gasteiger partial charge is 0.478 e. The molecule has 0 fully saturated rings. The first-order valence-corrected chi connectivity index (χ1v) is 7.91. The molecular weight excluding hydrogens is 324 g/mol. The van der Waals surface area contributed by atoms with E-state index in [0.29, 0.717) is 27.6 Å². The monoisotopic (exact) mass is 336 g/mol. The van der Waals surface area contributed by atoms with Crippen molar-refractivity contribution >= 4 is 17.3 Å². The smallest absolute Gasteiger partial charge is 0.335 e. The molecule has 0 aliphatic rings. The van der Waals surface area contributed by atoms with Crippen molar-refractivity contribution in [3.05, 3.63) is 64.7 Å². The van der Waals surface area contributed by atoms with Crippen molar-refractivity contribution in [2.24, 2.45) is 0 Å². The highest BCUT2D eigenvalue weighted by atomic mass is 32.1. The number of benzene rings is 2. The van der Waals surface area contributed by atoms with Gasteiger partial charge < -0.3 is 9.84 Å². The molecule has 24 heavy (non-hydrogen) atoms. The number of hydrogen-bond donors (Lipinski definition) is 1. The van der Waals surface area contributed by atoms with Crippen LogP contribution < -0.4 is 4.74 Å². The lowest BCUT2D eigenvalue weighted by atomic mass is 9.97. The summed E-state index contributed by atoms with van der Waals surface area (Å²) >= 11 is 1.31. The van der Waals surface area contributed by atoms with E-state index in [4.69, 9.17) is 4.74 Å². The van der Waals surface area contributed by atoms with E-state index in [0.717, 1.165) is 5.56 Å². The molecule has 0 unspecified atom stereocenters. The van der Waals surface area contributed by atoms with Gasteiger partial charge in [-0.2, -0.15) is 5.26 Å². The van der Waals surface area contributed by atoms with Crippen molar-refractivity contribution in [1.82, 2.24) is 4.98 Å². The van der Waals surface area contributed by atoms with Crippen molar-refractivity contribution in [2.75, 3.05) is 0 Å². The quantitative estimate of drug-likeness (QED) is 0.759. The molecule has 5 nitrogen and oxygen atoms in total. The Hall–Kier alpha value is -3.17. The number of nitrogens with zero attached hydrogens (tertiary/aromatic N) is 2. The summed E-state index contributed by atoms with van der Waals surface area (Å²) in [6, 6.07) is 12.3. The average Bonchev–Trinajstić information content (AvgIpc) is 3.07. The third-order valence-electron chi connectivity index (χ3n) is 3.37. The third-order valence-corrected chi connectivity index (χ3v) is 4.02.